The number of hydrogen-bond donors (Lipinski definition) is 2. The van der Waals surface area contributed by atoms with Gasteiger partial charge in [-0.1, -0.05) is 15.9 Å². The van der Waals surface area contributed by atoms with Crippen molar-refractivity contribution in [1.82, 2.24) is 5.32 Å². The SMILES string of the molecule is CC(N)CCNC(=O)C(C)(C)S(=O)(=O)c1ccc(Br)cc1. The van der Waals surface area contributed by atoms with Crippen molar-refractivity contribution in [2.45, 2.75) is 42.9 Å². The summed E-state index contributed by atoms with van der Waals surface area (Å²) in [6, 6.07) is 6.19. The number of nitrogens with one attached hydrogen (secondary N) is 1. The summed E-state index contributed by atoms with van der Waals surface area (Å²) in [6.07, 6.45) is 0.597. The van der Waals surface area contributed by atoms with Gasteiger partial charge >= 0.3 is 0 Å². The highest BCUT2D eigenvalue weighted by Gasteiger charge is 2.42. The van der Waals surface area contributed by atoms with Crippen LogP contribution in [0, 0.1) is 0 Å². The predicted molar refractivity (Wildman–Crippen MR) is 86.7 cm³/mol. The quantitative estimate of drug-likeness (QED) is 0.792. The standard InChI is InChI=1S/C14H21BrN2O3S/c1-10(16)8-9-17-13(18)14(2,3)21(19,20)12-6-4-11(15)5-7-12/h4-7,10H,8-9,16H2,1-3H3,(H,17,18). The van der Waals surface area contributed by atoms with Crippen LogP contribution in [0.15, 0.2) is 33.6 Å². The Morgan fingerprint density at radius 3 is 2.33 bits per heavy atom. The molecule has 0 aliphatic rings. The molecule has 1 rings (SSSR count). The molecular weight excluding hydrogens is 356 g/mol. The summed E-state index contributed by atoms with van der Waals surface area (Å²) in [4.78, 5) is 12.3. The lowest BCUT2D eigenvalue weighted by Crippen LogP contribution is -2.48. The second-order valence-electron chi connectivity index (χ2n) is 5.49. The monoisotopic (exact) mass is 376 g/mol. The van der Waals surface area contributed by atoms with Crippen molar-refractivity contribution in [3.8, 4) is 0 Å². The molecular formula is C14H21BrN2O3S. The van der Waals surface area contributed by atoms with Crippen LogP contribution in [-0.2, 0) is 14.6 Å². The number of hydrogen-bond acceptors (Lipinski definition) is 4. The molecule has 21 heavy (non-hydrogen) atoms. The fourth-order valence-electron chi connectivity index (χ4n) is 1.66. The number of amides is 1. The van der Waals surface area contributed by atoms with E-state index in [9.17, 15) is 13.2 Å². The van der Waals surface area contributed by atoms with Gasteiger partial charge in [-0.3, -0.25) is 4.79 Å². The van der Waals surface area contributed by atoms with E-state index < -0.39 is 20.5 Å². The summed E-state index contributed by atoms with van der Waals surface area (Å²) >= 11 is 3.25. The van der Waals surface area contributed by atoms with Crippen LogP contribution in [0.2, 0.25) is 0 Å². The lowest BCUT2D eigenvalue weighted by molar-refractivity contribution is -0.122. The number of nitrogens with two attached hydrogens (primary N) is 1. The first-order chi connectivity index (χ1) is 9.59. The minimum absolute atomic E-state index is 0.0449. The second-order valence-corrected chi connectivity index (χ2v) is 8.90. The third-order valence-electron chi connectivity index (χ3n) is 3.23. The van der Waals surface area contributed by atoms with Gasteiger partial charge in [-0.15, -0.1) is 0 Å². The maximum absolute atomic E-state index is 12.6. The highest BCUT2D eigenvalue weighted by Crippen LogP contribution is 2.26. The van der Waals surface area contributed by atoms with E-state index in [2.05, 4.69) is 21.2 Å². The maximum atomic E-state index is 12.6. The molecule has 7 heteroatoms. The van der Waals surface area contributed by atoms with Crippen LogP contribution in [0.5, 0.6) is 0 Å². The van der Waals surface area contributed by atoms with E-state index in [-0.39, 0.29) is 10.9 Å². The molecule has 118 valence electrons. The molecule has 3 N–H and O–H groups in total. The molecule has 0 fully saturated rings. The van der Waals surface area contributed by atoms with Gasteiger partial charge in [0.2, 0.25) is 5.91 Å². The Morgan fingerprint density at radius 2 is 1.86 bits per heavy atom. The van der Waals surface area contributed by atoms with Gasteiger partial charge in [0.25, 0.3) is 0 Å². The highest BCUT2D eigenvalue weighted by atomic mass is 79.9. The van der Waals surface area contributed by atoms with Gasteiger partial charge in [-0.2, -0.15) is 0 Å². The van der Waals surface area contributed by atoms with Crippen molar-refractivity contribution in [1.29, 1.82) is 0 Å². The molecule has 0 spiro atoms. The fraction of sp³-hybridized carbons (Fsp3) is 0.500. The number of benzene rings is 1. The van der Waals surface area contributed by atoms with Crippen LogP contribution in [0.4, 0.5) is 0 Å². The van der Waals surface area contributed by atoms with E-state index in [4.69, 9.17) is 5.73 Å². The topological polar surface area (TPSA) is 89.3 Å². The van der Waals surface area contributed by atoms with Crippen molar-refractivity contribution in [3.63, 3.8) is 0 Å². The average Bonchev–Trinajstić information content (AvgIpc) is 2.38. The molecule has 0 aliphatic carbocycles. The number of halogens is 1. The lowest BCUT2D eigenvalue weighted by atomic mass is 10.2. The highest BCUT2D eigenvalue weighted by molar-refractivity contribution is 9.10. The van der Waals surface area contributed by atoms with Crippen LogP contribution in [0.1, 0.15) is 27.2 Å². The van der Waals surface area contributed by atoms with E-state index in [0.29, 0.717) is 13.0 Å². The Bertz CT molecular complexity index is 595. The van der Waals surface area contributed by atoms with E-state index >= 15 is 0 Å². The average molecular weight is 377 g/mol. The molecule has 1 aromatic carbocycles. The zero-order chi connectivity index (χ0) is 16.3. The molecule has 0 heterocycles. The van der Waals surface area contributed by atoms with E-state index in [0.717, 1.165) is 4.47 Å². The van der Waals surface area contributed by atoms with Gasteiger partial charge in [0.15, 0.2) is 9.84 Å². The normalized spacial score (nSPS) is 13.8. The maximum Gasteiger partial charge on any atom is 0.241 e. The largest absolute Gasteiger partial charge is 0.355 e. The summed E-state index contributed by atoms with van der Waals surface area (Å²) < 4.78 is 24.4. The van der Waals surface area contributed by atoms with Gasteiger partial charge in [0, 0.05) is 17.1 Å². The van der Waals surface area contributed by atoms with E-state index in [1.807, 2.05) is 6.92 Å². The molecule has 0 aromatic heterocycles. The van der Waals surface area contributed by atoms with Crippen LogP contribution < -0.4 is 11.1 Å². The summed E-state index contributed by atoms with van der Waals surface area (Å²) in [5.74, 6) is -0.522. The van der Waals surface area contributed by atoms with Crippen LogP contribution >= 0.6 is 15.9 Å². The lowest BCUT2D eigenvalue weighted by Gasteiger charge is -2.24. The molecule has 5 nitrogen and oxygen atoms in total. The molecule has 0 bridgehead atoms. The summed E-state index contributed by atoms with van der Waals surface area (Å²) in [5, 5.41) is 2.63. The van der Waals surface area contributed by atoms with Crippen molar-refractivity contribution in [3.05, 3.63) is 28.7 Å². The summed E-state index contributed by atoms with van der Waals surface area (Å²) in [6.45, 7) is 5.00. The zero-order valence-corrected chi connectivity index (χ0v) is 14.8. The zero-order valence-electron chi connectivity index (χ0n) is 12.4. The van der Waals surface area contributed by atoms with Crippen molar-refractivity contribution in [2.75, 3.05) is 6.54 Å². The van der Waals surface area contributed by atoms with Crippen LogP contribution in [-0.4, -0.2) is 31.7 Å². The Hall–Kier alpha value is -0.920. The molecule has 0 aliphatic heterocycles. The van der Waals surface area contributed by atoms with Gasteiger partial charge < -0.3 is 11.1 Å². The second kappa shape index (κ2) is 6.89. The molecule has 1 unspecified atom stereocenters. The van der Waals surface area contributed by atoms with Crippen LogP contribution in [0.25, 0.3) is 0 Å². The fourth-order valence-corrected chi connectivity index (χ4v) is 3.32. The van der Waals surface area contributed by atoms with Crippen molar-refractivity contribution >= 4 is 31.7 Å². The molecule has 0 radical (unpaired) electrons. The summed E-state index contributed by atoms with van der Waals surface area (Å²) in [5.41, 5.74) is 5.60. The molecule has 0 saturated heterocycles. The van der Waals surface area contributed by atoms with Crippen molar-refractivity contribution in [2.24, 2.45) is 5.73 Å². The smallest absolute Gasteiger partial charge is 0.241 e. The van der Waals surface area contributed by atoms with Gasteiger partial charge in [-0.05, 0) is 51.5 Å². The first kappa shape index (κ1) is 18.1. The van der Waals surface area contributed by atoms with Gasteiger partial charge in [0.1, 0.15) is 4.75 Å². The predicted octanol–water partition coefficient (Wildman–Crippen LogP) is 1.85. The van der Waals surface area contributed by atoms with Gasteiger partial charge in [0.05, 0.1) is 4.90 Å². The number of sulfone groups is 1. The third kappa shape index (κ3) is 4.28. The molecule has 1 atom stereocenters. The number of rotatable bonds is 6. The minimum Gasteiger partial charge on any atom is -0.355 e. The third-order valence-corrected chi connectivity index (χ3v) is 6.18. The van der Waals surface area contributed by atoms with Crippen molar-refractivity contribution < 1.29 is 13.2 Å². The summed E-state index contributed by atoms with van der Waals surface area (Å²) in [7, 11) is -3.77. The molecule has 0 saturated carbocycles. The molecule has 1 aromatic rings. The molecule has 1 amide bonds. The minimum atomic E-state index is -3.77. The first-order valence-corrected chi connectivity index (χ1v) is 8.90. The van der Waals surface area contributed by atoms with Gasteiger partial charge in [-0.25, -0.2) is 8.42 Å². The Kier molecular flexibility index (Phi) is 5.95. The number of carbonyl (C=O) groups excluding carboxylic acids is 1. The van der Waals surface area contributed by atoms with E-state index in [1.165, 1.54) is 26.0 Å². The Morgan fingerprint density at radius 1 is 1.33 bits per heavy atom. The van der Waals surface area contributed by atoms with Crippen LogP contribution in [0.3, 0.4) is 0 Å². The van der Waals surface area contributed by atoms with E-state index in [1.54, 1.807) is 12.1 Å². The Labute approximate surface area is 134 Å². The number of carbonyl (C=O) groups is 1. The Balaban J connectivity index is 2.94. The first-order valence-electron chi connectivity index (χ1n) is 6.63.